The van der Waals surface area contributed by atoms with Crippen LogP contribution >= 0.6 is 11.6 Å². The van der Waals surface area contributed by atoms with Crippen LogP contribution in [0.2, 0.25) is 5.02 Å². The van der Waals surface area contributed by atoms with Gasteiger partial charge < -0.3 is 11.1 Å². The van der Waals surface area contributed by atoms with Crippen LogP contribution in [0, 0.1) is 0 Å². The van der Waals surface area contributed by atoms with Crippen molar-refractivity contribution in [2.45, 2.75) is 25.9 Å². The molecule has 6 heteroatoms. The second-order valence-corrected chi connectivity index (χ2v) is 5.31. The van der Waals surface area contributed by atoms with E-state index in [2.05, 4.69) is 15.2 Å². The number of carbonyl (C=O) groups is 1. The molecule has 1 aromatic rings. The first-order chi connectivity index (χ1) is 8.41. The summed E-state index contributed by atoms with van der Waals surface area (Å²) in [5.74, 6) is 0.461. The zero-order valence-electron chi connectivity index (χ0n) is 10.5. The van der Waals surface area contributed by atoms with Gasteiger partial charge in [-0.3, -0.25) is 9.69 Å². The van der Waals surface area contributed by atoms with Crippen LogP contribution in [-0.4, -0.2) is 34.4 Å². The lowest BCUT2D eigenvalue weighted by Crippen LogP contribution is -2.61. The van der Waals surface area contributed by atoms with Gasteiger partial charge in [0.15, 0.2) is 0 Å². The summed E-state index contributed by atoms with van der Waals surface area (Å²) < 4.78 is 0. The van der Waals surface area contributed by atoms with Gasteiger partial charge in [-0.25, -0.2) is 4.98 Å². The predicted molar refractivity (Wildman–Crippen MR) is 71.2 cm³/mol. The third-order valence-electron chi connectivity index (χ3n) is 3.29. The van der Waals surface area contributed by atoms with Gasteiger partial charge in [-0.2, -0.15) is 0 Å². The largest absolute Gasteiger partial charge is 0.384 e. The molecule has 98 valence electrons. The number of rotatable bonds is 2. The highest BCUT2D eigenvalue weighted by atomic mass is 35.5. The molecule has 0 spiro atoms. The van der Waals surface area contributed by atoms with Crippen LogP contribution in [0.4, 0.5) is 5.82 Å². The number of pyridine rings is 1. The van der Waals surface area contributed by atoms with Gasteiger partial charge in [0, 0.05) is 19.6 Å². The number of nitrogens with two attached hydrogens (primary N) is 1. The van der Waals surface area contributed by atoms with Crippen LogP contribution in [0.15, 0.2) is 12.1 Å². The van der Waals surface area contributed by atoms with Crippen molar-refractivity contribution in [3.63, 3.8) is 0 Å². The van der Waals surface area contributed by atoms with E-state index in [1.807, 2.05) is 13.8 Å². The molecule has 0 saturated carbocycles. The first-order valence-corrected chi connectivity index (χ1v) is 6.23. The first-order valence-electron chi connectivity index (χ1n) is 5.85. The highest BCUT2D eigenvalue weighted by molar-refractivity contribution is 6.31. The van der Waals surface area contributed by atoms with Gasteiger partial charge in [0.25, 0.3) is 0 Å². The van der Waals surface area contributed by atoms with Crippen molar-refractivity contribution in [2.75, 3.05) is 18.8 Å². The fraction of sp³-hybridized carbons (Fsp3) is 0.500. The van der Waals surface area contributed by atoms with E-state index in [9.17, 15) is 4.79 Å². The highest BCUT2D eigenvalue weighted by Crippen LogP contribution is 2.23. The summed E-state index contributed by atoms with van der Waals surface area (Å²) in [5, 5.41) is 3.43. The van der Waals surface area contributed by atoms with E-state index in [-0.39, 0.29) is 5.91 Å². The Bertz CT molecular complexity index is 475. The van der Waals surface area contributed by atoms with E-state index in [0.717, 1.165) is 6.54 Å². The molecule has 0 atom stereocenters. The number of piperazine rings is 1. The Morgan fingerprint density at radius 1 is 1.56 bits per heavy atom. The van der Waals surface area contributed by atoms with E-state index in [1.165, 1.54) is 0 Å². The summed E-state index contributed by atoms with van der Waals surface area (Å²) in [5.41, 5.74) is 5.81. The monoisotopic (exact) mass is 268 g/mol. The number of halogens is 1. The second-order valence-electron chi connectivity index (χ2n) is 4.90. The Balaban J connectivity index is 2.22. The zero-order chi connectivity index (χ0) is 13.3. The van der Waals surface area contributed by atoms with Crippen molar-refractivity contribution in [2.24, 2.45) is 0 Å². The number of anilines is 1. The second kappa shape index (κ2) is 4.74. The maximum Gasteiger partial charge on any atom is 0.240 e. The third kappa shape index (κ3) is 2.42. The SMILES string of the molecule is CC1(C)C(=O)NCCN1Cc1nc(N)ccc1Cl. The maximum atomic E-state index is 11.8. The standard InChI is InChI=1S/C12H17ClN4O/c1-12(2)11(18)15-5-6-17(12)7-9-8(13)3-4-10(14)16-9/h3-4H,5-7H2,1-2H3,(H2,14,16)(H,15,18). The van der Waals surface area contributed by atoms with Crippen LogP contribution in [0.1, 0.15) is 19.5 Å². The molecular formula is C12H17ClN4O. The summed E-state index contributed by atoms with van der Waals surface area (Å²) in [6, 6.07) is 3.40. The Labute approximate surface area is 111 Å². The minimum atomic E-state index is -0.562. The van der Waals surface area contributed by atoms with Gasteiger partial charge in [-0.15, -0.1) is 0 Å². The predicted octanol–water partition coefficient (Wildman–Crippen LogP) is 1.03. The van der Waals surface area contributed by atoms with Gasteiger partial charge in [0.2, 0.25) is 5.91 Å². The van der Waals surface area contributed by atoms with Crippen LogP contribution in [0.5, 0.6) is 0 Å². The molecule has 1 aromatic heterocycles. The lowest BCUT2D eigenvalue weighted by Gasteiger charge is -2.41. The molecule has 1 amide bonds. The van der Waals surface area contributed by atoms with Gasteiger partial charge in [0.1, 0.15) is 5.82 Å². The number of nitrogen functional groups attached to an aromatic ring is 1. The summed E-state index contributed by atoms with van der Waals surface area (Å²) in [6.45, 7) is 5.71. The van der Waals surface area contributed by atoms with Gasteiger partial charge >= 0.3 is 0 Å². The molecule has 0 aromatic carbocycles. The van der Waals surface area contributed by atoms with Crippen molar-refractivity contribution in [3.05, 3.63) is 22.8 Å². The minimum Gasteiger partial charge on any atom is -0.384 e. The van der Waals surface area contributed by atoms with E-state index in [1.54, 1.807) is 12.1 Å². The molecular weight excluding hydrogens is 252 g/mol. The van der Waals surface area contributed by atoms with E-state index in [0.29, 0.717) is 29.6 Å². The molecule has 2 heterocycles. The molecule has 18 heavy (non-hydrogen) atoms. The molecule has 1 saturated heterocycles. The highest BCUT2D eigenvalue weighted by Gasteiger charge is 2.37. The molecule has 5 nitrogen and oxygen atoms in total. The maximum absolute atomic E-state index is 11.8. The van der Waals surface area contributed by atoms with Gasteiger partial charge in [-0.05, 0) is 26.0 Å². The van der Waals surface area contributed by atoms with E-state index in [4.69, 9.17) is 17.3 Å². The molecule has 1 aliphatic rings. The molecule has 3 N–H and O–H groups in total. The van der Waals surface area contributed by atoms with Crippen molar-refractivity contribution in [3.8, 4) is 0 Å². The number of hydrogen-bond donors (Lipinski definition) is 2. The number of nitrogens with one attached hydrogen (secondary N) is 1. The number of hydrogen-bond acceptors (Lipinski definition) is 4. The Morgan fingerprint density at radius 2 is 2.28 bits per heavy atom. The quantitative estimate of drug-likeness (QED) is 0.840. The molecule has 0 unspecified atom stereocenters. The number of carbonyl (C=O) groups excluding carboxylic acids is 1. The molecule has 1 fully saturated rings. The van der Waals surface area contributed by atoms with Crippen LogP contribution < -0.4 is 11.1 Å². The van der Waals surface area contributed by atoms with Crippen LogP contribution in [-0.2, 0) is 11.3 Å². The van der Waals surface area contributed by atoms with Gasteiger partial charge in [-0.1, -0.05) is 11.6 Å². The van der Waals surface area contributed by atoms with Crippen LogP contribution in [0.25, 0.3) is 0 Å². The summed E-state index contributed by atoms with van der Waals surface area (Å²) in [6.07, 6.45) is 0. The Kier molecular flexibility index (Phi) is 3.45. The first kappa shape index (κ1) is 13.1. The minimum absolute atomic E-state index is 0.0220. The van der Waals surface area contributed by atoms with E-state index < -0.39 is 5.54 Å². The van der Waals surface area contributed by atoms with Crippen molar-refractivity contribution in [1.82, 2.24) is 15.2 Å². The Morgan fingerprint density at radius 3 is 3.00 bits per heavy atom. The molecule has 1 aliphatic heterocycles. The van der Waals surface area contributed by atoms with Crippen LogP contribution in [0.3, 0.4) is 0 Å². The fourth-order valence-electron chi connectivity index (χ4n) is 2.01. The molecule has 0 bridgehead atoms. The van der Waals surface area contributed by atoms with E-state index >= 15 is 0 Å². The average Bonchev–Trinajstić information content (AvgIpc) is 2.30. The van der Waals surface area contributed by atoms with Gasteiger partial charge in [0.05, 0.1) is 16.3 Å². The fourth-order valence-corrected chi connectivity index (χ4v) is 2.18. The zero-order valence-corrected chi connectivity index (χ0v) is 11.3. The lowest BCUT2D eigenvalue weighted by atomic mass is 9.98. The van der Waals surface area contributed by atoms with Crippen molar-refractivity contribution < 1.29 is 4.79 Å². The number of aromatic nitrogens is 1. The molecule has 2 rings (SSSR count). The summed E-state index contributed by atoms with van der Waals surface area (Å²) >= 11 is 6.10. The van der Waals surface area contributed by atoms with Crippen molar-refractivity contribution >= 4 is 23.3 Å². The molecule has 0 radical (unpaired) electrons. The lowest BCUT2D eigenvalue weighted by molar-refractivity contribution is -0.135. The number of amides is 1. The summed E-state index contributed by atoms with van der Waals surface area (Å²) in [4.78, 5) is 18.1. The number of nitrogens with zero attached hydrogens (tertiary/aromatic N) is 2. The topological polar surface area (TPSA) is 71.2 Å². The smallest absolute Gasteiger partial charge is 0.240 e. The average molecular weight is 269 g/mol. The normalized spacial score (nSPS) is 19.6. The Hall–Kier alpha value is -1.33. The molecule has 0 aliphatic carbocycles. The summed E-state index contributed by atoms with van der Waals surface area (Å²) in [7, 11) is 0. The van der Waals surface area contributed by atoms with Crippen molar-refractivity contribution in [1.29, 1.82) is 0 Å². The third-order valence-corrected chi connectivity index (χ3v) is 3.64.